The molecule has 0 unspecified atom stereocenters. The topological polar surface area (TPSA) is 40.5 Å². The lowest BCUT2D eigenvalue weighted by Crippen LogP contribution is -2.55. The minimum Gasteiger partial charge on any atom is -0.396 e. The largest absolute Gasteiger partial charge is 0.396 e. The van der Waals surface area contributed by atoms with E-state index in [4.69, 9.17) is 0 Å². The lowest BCUT2D eigenvalue weighted by atomic mass is 9.49. The number of hydrogen-bond acceptors (Lipinski definition) is 2. The highest BCUT2D eigenvalue weighted by molar-refractivity contribution is 5.50. The van der Waals surface area contributed by atoms with Crippen molar-refractivity contribution in [1.29, 1.82) is 0 Å². The fourth-order valence-electron chi connectivity index (χ4n) is 4.54. The Labute approximate surface area is 121 Å². The highest BCUT2D eigenvalue weighted by Crippen LogP contribution is 2.57. The Bertz CT molecular complexity index is 561. The van der Waals surface area contributed by atoms with Gasteiger partial charge >= 0.3 is 0 Å². The van der Waals surface area contributed by atoms with E-state index in [1.807, 2.05) is 0 Å². The maximum Gasteiger partial charge on any atom is 0.0537 e. The highest BCUT2D eigenvalue weighted by atomic mass is 16.3. The smallest absolute Gasteiger partial charge is 0.0537 e. The van der Waals surface area contributed by atoms with E-state index in [0.717, 1.165) is 25.7 Å². The quantitative estimate of drug-likeness (QED) is 0.813. The molecule has 2 heteroatoms. The molecule has 0 spiro atoms. The second-order valence-electron chi connectivity index (χ2n) is 6.61. The fourth-order valence-corrected chi connectivity index (χ4v) is 4.54. The third kappa shape index (κ3) is 1.58. The lowest BCUT2D eigenvalue weighted by Gasteiger charge is -2.55. The molecule has 3 rings (SSSR count). The zero-order valence-electron chi connectivity index (χ0n) is 12.4. The van der Waals surface area contributed by atoms with E-state index in [2.05, 4.69) is 38.1 Å². The lowest BCUT2D eigenvalue weighted by molar-refractivity contribution is -0.0189. The van der Waals surface area contributed by atoms with Crippen molar-refractivity contribution >= 4 is 0 Å². The molecule has 0 radical (unpaired) electrons. The maximum atomic E-state index is 10.3. The number of aryl methyl sites for hydroxylation is 2. The fraction of sp³-hybridized carbons (Fsp3) is 0.556. The van der Waals surface area contributed by atoms with E-state index < -0.39 is 0 Å². The third-order valence-electron chi connectivity index (χ3n) is 5.82. The van der Waals surface area contributed by atoms with Crippen LogP contribution in [0.2, 0.25) is 0 Å². The van der Waals surface area contributed by atoms with E-state index >= 15 is 0 Å². The summed E-state index contributed by atoms with van der Waals surface area (Å²) in [5.74, 6) is 0. The van der Waals surface area contributed by atoms with Crippen LogP contribution in [0.4, 0.5) is 0 Å². The predicted octanol–water partition coefficient (Wildman–Crippen LogP) is 2.81. The molecule has 0 amide bonds. The van der Waals surface area contributed by atoms with Crippen molar-refractivity contribution in [3.8, 4) is 0 Å². The Balaban J connectivity index is 2.31. The normalized spacial score (nSPS) is 31.8. The van der Waals surface area contributed by atoms with Crippen LogP contribution in [0.3, 0.4) is 0 Å². The summed E-state index contributed by atoms with van der Waals surface area (Å²) in [5.41, 5.74) is 4.79. The molecule has 2 nitrogen and oxygen atoms in total. The molecule has 0 bridgehead atoms. The van der Waals surface area contributed by atoms with Crippen LogP contribution in [0, 0.1) is 19.3 Å². The van der Waals surface area contributed by atoms with Gasteiger partial charge in [-0.1, -0.05) is 24.3 Å². The number of aliphatic hydroxyl groups excluding tert-OH is 2. The first kappa shape index (κ1) is 13.8. The van der Waals surface area contributed by atoms with Gasteiger partial charge in [0.05, 0.1) is 6.61 Å². The monoisotopic (exact) mass is 272 g/mol. The van der Waals surface area contributed by atoms with Gasteiger partial charge in [0.2, 0.25) is 0 Å². The summed E-state index contributed by atoms with van der Waals surface area (Å²) >= 11 is 0. The summed E-state index contributed by atoms with van der Waals surface area (Å²) in [6.07, 6.45) is 8.05. The number of rotatable bonds is 2. The Kier molecular flexibility index (Phi) is 3.26. The Morgan fingerprint density at radius 3 is 2.40 bits per heavy atom. The molecule has 0 aliphatic heterocycles. The van der Waals surface area contributed by atoms with Crippen molar-refractivity contribution in [1.82, 2.24) is 0 Å². The van der Waals surface area contributed by atoms with Crippen molar-refractivity contribution in [3.05, 3.63) is 46.5 Å². The Morgan fingerprint density at radius 2 is 1.70 bits per heavy atom. The van der Waals surface area contributed by atoms with Gasteiger partial charge in [0.25, 0.3) is 0 Å². The average molecular weight is 272 g/mol. The summed E-state index contributed by atoms with van der Waals surface area (Å²) in [6, 6.07) is 4.35. The second kappa shape index (κ2) is 4.71. The van der Waals surface area contributed by atoms with Gasteiger partial charge < -0.3 is 10.2 Å². The van der Waals surface area contributed by atoms with E-state index in [9.17, 15) is 10.2 Å². The standard InChI is InChI=1S/C18H24O2/c1-13-5-6-14(2)16-15(13)7-10-17(11-19)8-3-4-9-18(16,17)12-20/h3-6,19-20H,7-12H2,1-2H3/t17-,18-/m0/s1. The first-order valence-corrected chi connectivity index (χ1v) is 7.56. The van der Waals surface area contributed by atoms with Gasteiger partial charge in [0.15, 0.2) is 0 Å². The highest BCUT2D eigenvalue weighted by Gasteiger charge is 2.55. The number of benzene rings is 1. The van der Waals surface area contributed by atoms with Crippen LogP contribution in [0.1, 0.15) is 41.5 Å². The molecule has 2 N–H and O–H groups in total. The molecular weight excluding hydrogens is 248 g/mol. The van der Waals surface area contributed by atoms with E-state index in [0.29, 0.717) is 0 Å². The van der Waals surface area contributed by atoms with Gasteiger partial charge in [-0.05, 0) is 61.8 Å². The van der Waals surface area contributed by atoms with Crippen LogP contribution < -0.4 is 0 Å². The van der Waals surface area contributed by atoms with Crippen molar-refractivity contribution in [2.45, 2.75) is 44.9 Å². The number of fused-ring (bicyclic) bond motifs is 3. The maximum absolute atomic E-state index is 10.3. The van der Waals surface area contributed by atoms with Crippen molar-refractivity contribution in [3.63, 3.8) is 0 Å². The van der Waals surface area contributed by atoms with Crippen LogP contribution in [-0.4, -0.2) is 23.4 Å². The first-order chi connectivity index (χ1) is 9.60. The predicted molar refractivity (Wildman–Crippen MR) is 80.9 cm³/mol. The van der Waals surface area contributed by atoms with Gasteiger partial charge in [0, 0.05) is 17.4 Å². The van der Waals surface area contributed by atoms with Gasteiger partial charge in [-0.3, -0.25) is 0 Å². The molecular formula is C18H24O2. The van der Waals surface area contributed by atoms with Crippen LogP contribution in [0.15, 0.2) is 24.3 Å². The summed E-state index contributed by atoms with van der Waals surface area (Å²) in [7, 11) is 0. The third-order valence-corrected chi connectivity index (χ3v) is 5.82. The number of hydrogen-bond donors (Lipinski definition) is 2. The summed E-state index contributed by atoms with van der Waals surface area (Å²) in [6.45, 7) is 4.58. The van der Waals surface area contributed by atoms with Crippen LogP contribution in [0.5, 0.6) is 0 Å². The molecule has 0 saturated heterocycles. The van der Waals surface area contributed by atoms with Gasteiger partial charge in [-0.25, -0.2) is 0 Å². The minimum absolute atomic E-state index is 0.120. The summed E-state index contributed by atoms with van der Waals surface area (Å²) in [4.78, 5) is 0. The second-order valence-corrected chi connectivity index (χ2v) is 6.61. The molecule has 108 valence electrons. The number of allylic oxidation sites excluding steroid dienone is 2. The minimum atomic E-state index is -0.305. The van der Waals surface area contributed by atoms with E-state index in [1.54, 1.807) is 0 Å². The van der Waals surface area contributed by atoms with Crippen molar-refractivity contribution < 1.29 is 10.2 Å². The van der Waals surface area contributed by atoms with Crippen LogP contribution in [-0.2, 0) is 11.8 Å². The molecule has 0 fully saturated rings. The average Bonchev–Trinajstić information content (AvgIpc) is 2.49. The molecule has 1 aromatic carbocycles. The first-order valence-electron chi connectivity index (χ1n) is 7.56. The molecule has 0 heterocycles. The summed E-state index contributed by atoms with van der Waals surface area (Å²) < 4.78 is 0. The zero-order chi connectivity index (χ0) is 14.4. The Hall–Kier alpha value is -1.12. The van der Waals surface area contributed by atoms with E-state index in [-0.39, 0.29) is 24.0 Å². The molecule has 1 aromatic rings. The molecule has 2 aliphatic rings. The summed E-state index contributed by atoms with van der Waals surface area (Å²) in [5, 5.41) is 20.4. The molecule has 0 aromatic heterocycles. The SMILES string of the molecule is Cc1ccc(C)c2c1CC[C@]1(CO)CC=CC[C@]21CO. The molecule has 2 aliphatic carbocycles. The molecule has 0 saturated carbocycles. The van der Waals surface area contributed by atoms with Crippen molar-refractivity contribution in [2.75, 3.05) is 13.2 Å². The molecule has 2 atom stereocenters. The zero-order valence-corrected chi connectivity index (χ0v) is 12.4. The van der Waals surface area contributed by atoms with Gasteiger partial charge in [0.1, 0.15) is 0 Å². The van der Waals surface area contributed by atoms with E-state index in [1.165, 1.54) is 22.3 Å². The van der Waals surface area contributed by atoms with Gasteiger partial charge in [-0.15, -0.1) is 0 Å². The Morgan fingerprint density at radius 1 is 1.00 bits per heavy atom. The van der Waals surface area contributed by atoms with Crippen LogP contribution >= 0.6 is 0 Å². The molecule has 20 heavy (non-hydrogen) atoms. The number of aliphatic hydroxyl groups is 2. The van der Waals surface area contributed by atoms with Crippen LogP contribution in [0.25, 0.3) is 0 Å². The van der Waals surface area contributed by atoms with Crippen molar-refractivity contribution in [2.24, 2.45) is 5.41 Å². The van der Waals surface area contributed by atoms with Gasteiger partial charge in [-0.2, -0.15) is 0 Å².